The van der Waals surface area contributed by atoms with Gasteiger partial charge in [-0.1, -0.05) is 26.1 Å². The third kappa shape index (κ3) is 3.42. The number of hydrogen-bond donors (Lipinski definition) is 1. The van der Waals surface area contributed by atoms with Gasteiger partial charge in [-0.25, -0.2) is 0 Å². The molecule has 1 saturated heterocycles. The van der Waals surface area contributed by atoms with Crippen LogP contribution in [-0.2, 0) is 9.53 Å². The molecule has 4 nitrogen and oxygen atoms in total. The standard InChI is InChI=1S/C13H24N2O2S/c1-10(2)4-7-15(3)12(16)13(11(14)18)5-8-17-9-6-13/h10H,4-9H2,1-3H3,(H2,14,18). The zero-order valence-electron chi connectivity index (χ0n) is 11.6. The molecule has 0 radical (unpaired) electrons. The van der Waals surface area contributed by atoms with Crippen molar-refractivity contribution in [2.45, 2.75) is 33.1 Å². The van der Waals surface area contributed by atoms with Crippen LogP contribution in [0.25, 0.3) is 0 Å². The molecule has 0 aromatic heterocycles. The van der Waals surface area contributed by atoms with Gasteiger partial charge in [-0.05, 0) is 25.2 Å². The number of carbonyl (C=O) groups is 1. The van der Waals surface area contributed by atoms with Crippen molar-refractivity contribution in [2.24, 2.45) is 17.1 Å². The van der Waals surface area contributed by atoms with Crippen LogP contribution in [-0.4, -0.2) is 42.6 Å². The van der Waals surface area contributed by atoms with Gasteiger partial charge < -0.3 is 15.4 Å². The summed E-state index contributed by atoms with van der Waals surface area (Å²) in [6, 6.07) is 0. The van der Waals surface area contributed by atoms with Crippen molar-refractivity contribution in [2.75, 3.05) is 26.8 Å². The van der Waals surface area contributed by atoms with E-state index in [-0.39, 0.29) is 5.91 Å². The molecular formula is C13H24N2O2S. The van der Waals surface area contributed by atoms with Crippen molar-refractivity contribution in [3.63, 3.8) is 0 Å². The molecule has 104 valence electrons. The Bertz CT molecular complexity index is 312. The fourth-order valence-corrected chi connectivity index (χ4v) is 2.50. The lowest BCUT2D eigenvalue weighted by Gasteiger charge is -2.37. The maximum absolute atomic E-state index is 12.6. The second kappa shape index (κ2) is 6.48. The van der Waals surface area contributed by atoms with Gasteiger partial charge in [0, 0.05) is 26.8 Å². The second-order valence-corrected chi connectivity index (χ2v) is 5.91. The monoisotopic (exact) mass is 272 g/mol. The van der Waals surface area contributed by atoms with Gasteiger partial charge in [-0.15, -0.1) is 0 Å². The first-order valence-electron chi connectivity index (χ1n) is 6.53. The summed E-state index contributed by atoms with van der Waals surface area (Å²) in [5.41, 5.74) is 5.14. The molecule has 1 heterocycles. The average Bonchev–Trinajstić information content (AvgIpc) is 2.35. The van der Waals surface area contributed by atoms with Gasteiger partial charge in [-0.2, -0.15) is 0 Å². The molecule has 1 fully saturated rings. The quantitative estimate of drug-likeness (QED) is 0.772. The number of hydrogen-bond acceptors (Lipinski definition) is 3. The van der Waals surface area contributed by atoms with Gasteiger partial charge in [0.15, 0.2) is 0 Å². The summed E-state index contributed by atoms with van der Waals surface area (Å²) < 4.78 is 5.32. The lowest BCUT2D eigenvalue weighted by molar-refractivity contribution is -0.141. The van der Waals surface area contributed by atoms with Gasteiger partial charge >= 0.3 is 0 Å². The second-order valence-electron chi connectivity index (χ2n) is 5.47. The van der Waals surface area contributed by atoms with E-state index < -0.39 is 5.41 Å². The molecule has 0 aromatic carbocycles. The minimum Gasteiger partial charge on any atom is -0.392 e. The maximum atomic E-state index is 12.6. The van der Waals surface area contributed by atoms with Gasteiger partial charge in [0.05, 0.1) is 4.99 Å². The van der Waals surface area contributed by atoms with Crippen LogP contribution in [0.1, 0.15) is 33.1 Å². The van der Waals surface area contributed by atoms with E-state index in [9.17, 15) is 4.79 Å². The van der Waals surface area contributed by atoms with E-state index in [2.05, 4.69) is 13.8 Å². The van der Waals surface area contributed by atoms with Gasteiger partial charge in [-0.3, -0.25) is 4.79 Å². The van der Waals surface area contributed by atoms with Crippen LogP contribution in [0, 0.1) is 11.3 Å². The van der Waals surface area contributed by atoms with Crippen LogP contribution in [0.3, 0.4) is 0 Å². The predicted octanol–water partition coefficient (Wildman–Crippen LogP) is 1.57. The zero-order valence-corrected chi connectivity index (χ0v) is 12.4. The van der Waals surface area contributed by atoms with Crippen molar-refractivity contribution in [1.82, 2.24) is 4.90 Å². The highest BCUT2D eigenvalue weighted by atomic mass is 32.1. The molecular weight excluding hydrogens is 248 g/mol. The molecule has 1 aliphatic heterocycles. The molecule has 0 saturated carbocycles. The Balaban J connectivity index is 2.73. The molecule has 0 unspecified atom stereocenters. The fourth-order valence-electron chi connectivity index (χ4n) is 2.20. The number of thiocarbonyl (C=S) groups is 1. The Labute approximate surface area is 115 Å². The Hall–Kier alpha value is -0.680. The first-order chi connectivity index (χ1) is 8.40. The van der Waals surface area contributed by atoms with Crippen molar-refractivity contribution in [3.05, 3.63) is 0 Å². The SMILES string of the molecule is CC(C)CCN(C)C(=O)C1(C(N)=S)CCOCC1. The molecule has 5 heteroatoms. The third-order valence-corrected chi connectivity index (χ3v) is 4.01. The van der Waals surface area contributed by atoms with Crippen molar-refractivity contribution < 1.29 is 9.53 Å². The first-order valence-corrected chi connectivity index (χ1v) is 6.94. The van der Waals surface area contributed by atoms with Crippen molar-refractivity contribution in [1.29, 1.82) is 0 Å². The summed E-state index contributed by atoms with van der Waals surface area (Å²) in [7, 11) is 1.83. The van der Waals surface area contributed by atoms with E-state index in [1.165, 1.54) is 0 Å². The van der Waals surface area contributed by atoms with Crippen molar-refractivity contribution >= 4 is 23.1 Å². The van der Waals surface area contributed by atoms with E-state index in [4.69, 9.17) is 22.7 Å². The first kappa shape index (κ1) is 15.4. The highest BCUT2D eigenvalue weighted by Gasteiger charge is 2.44. The van der Waals surface area contributed by atoms with Gasteiger partial charge in [0.1, 0.15) is 5.41 Å². The van der Waals surface area contributed by atoms with Gasteiger partial charge in [0.2, 0.25) is 5.91 Å². The largest absolute Gasteiger partial charge is 0.392 e. The van der Waals surface area contributed by atoms with E-state index in [1.54, 1.807) is 4.90 Å². The molecule has 0 atom stereocenters. The summed E-state index contributed by atoms with van der Waals surface area (Å²) in [6.45, 7) is 6.16. The van der Waals surface area contributed by atoms with E-state index in [0.717, 1.165) is 13.0 Å². The molecule has 2 N–H and O–H groups in total. The highest BCUT2D eigenvalue weighted by Crippen LogP contribution is 2.33. The molecule has 0 aromatic rings. The minimum absolute atomic E-state index is 0.0546. The summed E-state index contributed by atoms with van der Waals surface area (Å²) in [5, 5.41) is 0. The van der Waals surface area contributed by atoms with E-state index in [1.807, 2.05) is 7.05 Å². The highest BCUT2D eigenvalue weighted by molar-refractivity contribution is 7.80. The number of nitrogens with zero attached hydrogens (tertiary/aromatic N) is 1. The lowest BCUT2D eigenvalue weighted by atomic mass is 9.78. The Morgan fingerprint density at radius 2 is 2.00 bits per heavy atom. The molecule has 1 amide bonds. The average molecular weight is 272 g/mol. The Morgan fingerprint density at radius 3 is 2.44 bits per heavy atom. The summed E-state index contributed by atoms with van der Waals surface area (Å²) in [6.07, 6.45) is 2.20. The molecule has 1 aliphatic rings. The molecule has 0 bridgehead atoms. The number of carbonyl (C=O) groups excluding carboxylic acids is 1. The number of amides is 1. The minimum atomic E-state index is -0.681. The lowest BCUT2D eigenvalue weighted by Crippen LogP contribution is -2.52. The van der Waals surface area contributed by atoms with Crippen LogP contribution in [0.2, 0.25) is 0 Å². The van der Waals surface area contributed by atoms with Crippen LogP contribution >= 0.6 is 12.2 Å². The number of nitrogens with two attached hydrogens (primary N) is 1. The van der Waals surface area contributed by atoms with Crippen LogP contribution in [0.4, 0.5) is 0 Å². The van der Waals surface area contributed by atoms with Crippen molar-refractivity contribution in [3.8, 4) is 0 Å². The van der Waals surface area contributed by atoms with Gasteiger partial charge in [0.25, 0.3) is 0 Å². The van der Waals surface area contributed by atoms with E-state index in [0.29, 0.717) is 37.0 Å². The van der Waals surface area contributed by atoms with Crippen LogP contribution in [0.5, 0.6) is 0 Å². The van der Waals surface area contributed by atoms with Crippen LogP contribution < -0.4 is 5.73 Å². The van der Waals surface area contributed by atoms with E-state index >= 15 is 0 Å². The maximum Gasteiger partial charge on any atom is 0.235 e. The molecule has 0 spiro atoms. The number of ether oxygens (including phenoxy) is 1. The predicted molar refractivity (Wildman–Crippen MR) is 76.4 cm³/mol. The zero-order chi connectivity index (χ0) is 13.8. The number of rotatable bonds is 5. The molecule has 0 aliphatic carbocycles. The molecule has 1 rings (SSSR count). The Morgan fingerprint density at radius 1 is 1.44 bits per heavy atom. The Kier molecular flexibility index (Phi) is 5.53. The normalized spacial score (nSPS) is 18.7. The summed E-state index contributed by atoms with van der Waals surface area (Å²) >= 11 is 5.13. The third-order valence-electron chi connectivity index (χ3n) is 3.62. The topological polar surface area (TPSA) is 55.6 Å². The summed E-state index contributed by atoms with van der Waals surface area (Å²) in [4.78, 5) is 14.7. The molecule has 18 heavy (non-hydrogen) atoms. The summed E-state index contributed by atoms with van der Waals surface area (Å²) in [5.74, 6) is 0.634. The smallest absolute Gasteiger partial charge is 0.235 e. The van der Waals surface area contributed by atoms with Crippen LogP contribution in [0.15, 0.2) is 0 Å². The fraction of sp³-hybridized carbons (Fsp3) is 0.846.